The third-order valence-electron chi connectivity index (χ3n) is 14.8. The van der Waals surface area contributed by atoms with E-state index in [9.17, 15) is 56.2 Å². The van der Waals surface area contributed by atoms with Crippen molar-refractivity contribution in [2.75, 3.05) is 0 Å². The lowest BCUT2D eigenvalue weighted by molar-refractivity contribution is 0.221. The average molecular weight is 907 g/mol. The van der Waals surface area contributed by atoms with Crippen LogP contribution in [0.2, 0.25) is 0 Å². The van der Waals surface area contributed by atoms with Gasteiger partial charge in [0.25, 0.3) is 0 Å². The van der Waals surface area contributed by atoms with E-state index in [1.165, 1.54) is 48.5 Å². The maximum Gasteiger partial charge on any atom is 0.135 e. The minimum Gasteiger partial charge on any atom is -0.508 e. The van der Waals surface area contributed by atoms with E-state index in [1.807, 2.05) is 6.07 Å². The van der Waals surface area contributed by atoms with Gasteiger partial charge in [-0.2, -0.15) is 0 Å². The summed E-state index contributed by atoms with van der Waals surface area (Å²) < 4.78 is 6.80. The summed E-state index contributed by atoms with van der Waals surface area (Å²) in [4.78, 5) is 0. The molecule has 1 aliphatic heterocycles. The van der Waals surface area contributed by atoms with E-state index in [2.05, 4.69) is 0 Å². The monoisotopic (exact) mass is 906 g/mol. The van der Waals surface area contributed by atoms with Gasteiger partial charge >= 0.3 is 0 Å². The molecule has 11 N–H and O–H groups in total. The number of aromatic hydroxyl groups is 11. The summed E-state index contributed by atoms with van der Waals surface area (Å²) in [6, 6.07) is 36.3. The third-order valence-corrected chi connectivity index (χ3v) is 14.8. The first kappa shape index (κ1) is 40.8. The maximum absolute atomic E-state index is 12.6. The molecule has 8 atom stereocenters. The summed E-state index contributed by atoms with van der Waals surface area (Å²) >= 11 is 0. The minimum absolute atomic E-state index is 0.0104. The van der Waals surface area contributed by atoms with Gasteiger partial charge < -0.3 is 60.9 Å². The van der Waals surface area contributed by atoms with Gasteiger partial charge in [-0.25, -0.2) is 0 Å². The Bertz CT molecular complexity index is 3360. The average Bonchev–Trinajstić information content (AvgIpc) is 3.77. The second-order valence-corrected chi connectivity index (χ2v) is 18.4. The summed E-state index contributed by atoms with van der Waals surface area (Å²) in [6.07, 6.45) is -0.833. The molecule has 0 saturated carbocycles. The smallest absolute Gasteiger partial charge is 0.135 e. The molecular weight excluding hydrogens is 865 g/mol. The lowest BCUT2D eigenvalue weighted by Gasteiger charge is -2.36. The third kappa shape index (κ3) is 5.99. The van der Waals surface area contributed by atoms with Crippen molar-refractivity contribution in [3.63, 3.8) is 0 Å². The van der Waals surface area contributed by atoms with Crippen LogP contribution in [0.5, 0.6) is 69.0 Å². The Morgan fingerprint density at radius 2 is 0.750 bits per heavy atom. The van der Waals surface area contributed by atoms with Crippen molar-refractivity contribution in [3.05, 3.63) is 212 Å². The fraction of sp³-hybridized carbons (Fsp3) is 0.143. The van der Waals surface area contributed by atoms with Crippen LogP contribution in [0.3, 0.4) is 0 Å². The molecule has 338 valence electrons. The van der Waals surface area contributed by atoms with Crippen molar-refractivity contribution in [1.82, 2.24) is 0 Å². The number of ether oxygens (including phenoxy) is 1. The van der Waals surface area contributed by atoms with Crippen LogP contribution in [0.1, 0.15) is 120 Å². The number of phenols is 11. The van der Waals surface area contributed by atoms with Crippen LogP contribution in [0, 0.1) is 0 Å². The fourth-order valence-electron chi connectivity index (χ4n) is 12.5. The standard InChI is InChI=1S/C56H42O12/c57-28-7-1-24(2-8-28)44-37-18-31(60)13-14-36(37)49-47-38(19-34(63)21-40(47)65)50(44)52-41(66)23-42(67)53-51(45(54(49)55(52)53)25-3-9-29(58)10-4-25)39-20-35(64)22-43-48(39)46(27-15-32(61)17-33(62)16-27)56(68-43)26-5-11-30(59)12-6-26/h1-23,44-46,49-51,54,56-67H/t44-,45+,46+,49-,50+,51-,54-,56-/m1/s1. The zero-order valence-electron chi connectivity index (χ0n) is 35.7. The van der Waals surface area contributed by atoms with Crippen molar-refractivity contribution in [2.45, 2.75) is 47.5 Å². The summed E-state index contributed by atoms with van der Waals surface area (Å²) in [5, 5.41) is 125. The molecular formula is C56H42O12. The Labute approximate surface area is 388 Å². The molecule has 12 rings (SSSR count). The van der Waals surface area contributed by atoms with E-state index in [1.54, 1.807) is 84.9 Å². The van der Waals surface area contributed by atoms with Gasteiger partial charge in [0.1, 0.15) is 75.1 Å². The first-order valence-corrected chi connectivity index (χ1v) is 22.1. The molecule has 3 aliphatic carbocycles. The summed E-state index contributed by atoms with van der Waals surface area (Å²) in [6.45, 7) is 0. The largest absolute Gasteiger partial charge is 0.508 e. The highest BCUT2D eigenvalue weighted by Crippen LogP contribution is 2.72. The molecule has 0 aromatic heterocycles. The molecule has 2 bridgehead atoms. The second kappa shape index (κ2) is 14.7. The molecule has 0 amide bonds. The Morgan fingerprint density at radius 1 is 0.265 bits per heavy atom. The van der Waals surface area contributed by atoms with Gasteiger partial charge in [-0.1, -0.05) is 42.5 Å². The summed E-state index contributed by atoms with van der Waals surface area (Å²) in [5.41, 5.74) is 7.13. The van der Waals surface area contributed by atoms with Gasteiger partial charge in [-0.15, -0.1) is 0 Å². The van der Waals surface area contributed by atoms with E-state index >= 15 is 0 Å². The topological polar surface area (TPSA) is 232 Å². The lowest BCUT2D eigenvalue weighted by Crippen LogP contribution is -2.22. The molecule has 0 fully saturated rings. The van der Waals surface area contributed by atoms with Crippen LogP contribution in [0.25, 0.3) is 0 Å². The Kier molecular flexibility index (Phi) is 8.82. The predicted molar refractivity (Wildman–Crippen MR) is 248 cm³/mol. The number of fused-ring (bicyclic) bond motifs is 5. The van der Waals surface area contributed by atoms with E-state index in [-0.39, 0.29) is 69.0 Å². The minimum atomic E-state index is -0.906. The van der Waals surface area contributed by atoms with Crippen molar-refractivity contribution in [3.8, 4) is 69.0 Å². The van der Waals surface area contributed by atoms with Gasteiger partial charge in [-0.05, 0) is 123 Å². The number of hydrogen-bond donors (Lipinski definition) is 11. The highest BCUT2D eigenvalue weighted by Gasteiger charge is 2.57. The highest BCUT2D eigenvalue weighted by molar-refractivity contribution is 5.75. The molecule has 12 nitrogen and oxygen atoms in total. The molecule has 0 radical (unpaired) electrons. The predicted octanol–water partition coefficient (Wildman–Crippen LogP) is 10.1. The fourth-order valence-corrected chi connectivity index (χ4v) is 12.5. The number of benzene rings is 8. The zero-order valence-corrected chi connectivity index (χ0v) is 35.7. The van der Waals surface area contributed by atoms with Gasteiger partial charge in [-0.3, -0.25) is 0 Å². The van der Waals surface area contributed by atoms with Crippen molar-refractivity contribution < 1.29 is 60.9 Å². The molecule has 0 spiro atoms. The van der Waals surface area contributed by atoms with Crippen LogP contribution in [0.15, 0.2) is 140 Å². The molecule has 12 heteroatoms. The van der Waals surface area contributed by atoms with Crippen LogP contribution in [0.4, 0.5) is 0 Å². The van der Waals surface area contributed by atoms with Crippen molar-refractivity contribution >= 4 is 0 Å². The number of phenolic OH excluding ortho intramolecular Hbond substituents is 11. The maximum atomic E-state index is 12.6. The molecule has 68 heavy (non-hydrogen) atoms. The summed E-state index contributed by atoms with van der Waals surface area (Å²) in [5.74, 6) is -6.97. The quantitative estimate of drug-likeness (QED) is 0.0775. The summed E-state index contributed by atoms with van der Waals surface area (Å²) in [7, 11) is 0. The molecule has 8 aromatic carbocycles. The van der Waals surface area contributed by atoms with Crippen LogP contribution in [-0.2, 0) is 0 Å². The first-order chi connectivity index (χ1) is 32.7. The van der Waals surface area contributed by atoms with Gasteiger partial charge in [0, 0.05) is 82.0 Å². The Hall–Kier alpha value is -8.64. The molecule has 4 aliphatic rings. The van der Waals surface area contributed by atoms with Gasteiger partial charge in [0.15, 0.2) is 0 Å². The second-order valence-electron chi connectivity index (χ2n) is 18.4. The van der Waals surface area contributed by atoms with Gasteiger partial charge in [0.2, 0.25) is 0 Å². The molecule has 0 saturated heterocycles. The molecule has 8 aromatic rings. The van der Waals surface area contributed by atoms with Crippen LogP contribution >= 0.6 is 0 Å². The highest BCUT2D eigenvalue weighted by atomic mass is 16.5. The van der Waals surface area contributed by atoms with Crippen molar-refractivity contribution in [2.24, 2.45) is 0 Å². The van der Waals surface area contributed by atoms with E-state index in [0.717, 1.165) is 0 Å². The van der Waals surface area contributed by atoms with Crippen LogP contribution in [-0.4, -0.2) is 56.2 Å². The van der Waals surface area contributed by atoms with Crippen LogP contribution < -0.4 is 4.74 Å². The SMILES string of the molecule is Oc1ccc([C@@H]2c3cc(O)ccc3[C@@H]3c4c(O)cc(O)cc4[C@@H]2c2c(O)cc(O)c4c2[C@@H]3[C@@H](c2ccc(O)cc2)[C@H]4c2cc(O)cc3c2[C@H](c2cc(O)cc(O)c2)[C@@H](c2ccc(O)cc2)O3)cc1. The van der Waals surface area contributed by atoms with Crippen molar-refractivity contribution in [1.29, 1.82) is 0 Å². The van der Waals surface area contributed by atoms with E-state index in [0.29, 0.717) is 72.3 Å². The normalized spacial score (nSPS) is 22.6. The lowest BCUT2D eigenvalue weighted by atomic mass is 9.66. The number of rotatable bonds is 5. The molecule has 1 heterocycles. The molecule has 0 unspecified atom stereocenters. The Morgan fingerprint density at radius 3 is 1.38 bits per heavy atom. The van der Waals surface area contributed by atoms with Gasteiger partial charge in [0.05, 0.1) is 5.92 Å². The first-order valence-electron chi connectivity index (χ1n) is 22.1. The van der Waals surface area contributed by atoms with E-state index < -0.39 is 47.5 Å². The number of hydrogen-bond acceptors (Lipinski definition) is 12. The van der Waals surface area contributed by atoms with E-state index in [4.69, 9.17) is 4.74 Å². The zero-order chi connectivity index (χ0) is 47.0. The Balaban J connectivity index is 1.22.